The van der Waals surface area contributed by atoms with E-state index in [1.54, 1.807) is 13.8 Å². The Bertz CT molecular complexity index is 549. The van der Waals surface area contributed by atoms with Crippen LogP contribution in [-0.2, 0) is 4.74 Å². The first-order chi connectivity index (χ1) is 7.91. The van der Waals surface area contributed by atoms with Crippen molar-refractivity contribution in [3.63, 3.8) is 0 Å². The second-order valence-electron chi connectivity index (χ2n) is 3.90. The molecule has 0 saturated heterocycles. The van der Waals surface area contributed by atoms with Gasteiger partial charge in [0.2, 0.25) is 0 Å². The van der Waals surface area contributed by atoms with Crippen LogP contribution < -0.4 is 11.4 Å². The van der Waals surface area contributed by atoms with Gasteiger partial charge in [-0.05, 0) is 13.8 Å². The zero-order valence-corrected chi connectivity index (χ0v) is 9.41. The van der Waals surface area contributed by atoms with E-state index in [0.717, 1.165) is 4.57 Å². The lowest BCUT2D eigenvalue weighted by atomic mass is 10.3. The minimum absolute atomic E-state index is 0.130. The Labute approximate surface area is 96.8 Å². The molecule has 92 valence electrons. The van der Waals surface area contributed by atoms with E-state index in [1.165, 1.54) is 6.20 Å². The fraction of sp³-hybridized carbons (Fsp3) is 0.400. The van der Waals surface area contributed by atoms with E-state index < -0.39 is 18.0 Å². The maximum Gasteiger partial charge on any atom is 0.352 e. The van der Waals surface area contributed by atoms with Crippen LogP contribution in [0.15, 0.2) is 22.5 Å². The number of rotatable bonds is 1. The zero-order chi connectivity index (χ0) is 12.7. The monoisotopic (exact) mass is 239 g/mol. The van der Waals surface area contributed by atoms with Crippen molar-refractivity contribution in [1.82, 2.24) is 9.55 Å². The molecule has 0 aromatic carbocycles. The van der Waals surface area contributed by atoms with Crippen molar-refractivity contribution in [3.8, 4) is 0 Å². The van der Waals surface area contributed by atoms with E-state index >= 15 is 0 Å². The molecule has 4 N–H and O–H groups in total. The average Bonchev–Trinajstić information content (AvgIpc) is 2.51. The summed E-state index contributed by atoms with van der Waals surface area (Å²) in [5.74, 6) is -0.535. The molecule has 2 unspecified atom stereocenters. The van der Waals surface area contributed by atoms with Gasteiger partial charge in [0.05, 0.1) is 0 Å². The van der Waals surface area contributed by atoms with Crippen molar-refractivity contribution < 1.29 is 14.9 Å². The maximum atomic E-state index is 11.6. The average molecular weight is 239 g/mol. The molecule has 1 aromatic heterocycles. The summed E-state index contributed by atoms with van der Waals surface area (Å²) in [7, 11) is 0. The topological polar surface area (TPSA) is 111 Å². The maximum absolute atomic E-state index is 11.6. The highest BCUT2D eigenvalue weighted by atomic mass is 16.5. The molecule has 7 heteroatoms. The minimum Gasteiger partial charge on any atom is -0.506 e. The van der Waals surface area contributed by atoms with Crippen LogP contribution in [0.2, 0.25) is 0 Å². The quantitative estimate of drug-likeness (QED) is 0.653. The molecule has 7 nitrogen and oxygen atoms in total. The number of hydrogen-bond acceptors (Lipinski definition) is 6. The number of nitrogens with zero attached hydrogens (tertiary/aromatic N) is 2. The van der Waals surface area contributed by atoms with Crippen LogP contribution in [0.1, 0.15) is 18.7 Å². The second kappa shape index (κ2) is 3.77. The van der Waals surface area contributed by atoms with Crippen LogP contribution in [0.5, 0.6) is 0 Å². The Morgan fingerprint density at radius 3 is 2.65 bits per heavy atom. The van der Waals surface area contributed by atoms with Gasteiger partial charge in [0.15, 0.2) is 17.7 Å². The molecule has 1 aliphatic rings. The van der Waals surface area contributed by atoms with E-state index in [-0.39, 0.29) is 17.3 Å². The van der Waals surface area contributed by atoms with Crippen LogP contribution in [-0.4, -0.2) is 25.9 Å². The van der Waals surface area contributed by atoms with Crippen molar-refractivity contribution in [3.05, 3.63) is 33.8 Å². The number of ether oxygens (including phenoxy) is 1. The Morgan fingerprint density at radius 2 is 2.12 bits per heavy atom. The Balaban J connectivity index is 2.50. The summed E-state index contributed by atoms with van der Waals surface area (Å²) in [5.41, 5.74) is 5.42. The normalized spacial score (nSPS) is 24.4. The summed E-state index contributed by atoms with van der Waals surface area (Å²) >= 11 is 0. The Hall–Kier alpha value is -2.02. The van der Waals surface area contributed by atoms with E-state index in [1.807, 2.05) is 0 Å². The Morgan fingerprint density at radius 1 is 1.47 bits per heavy atom. The molecule has 0 saturated carbocycles. The number of anilines is 1. The highest BCUT2D eigenvalue weighted by Gasteiger charge is 2.34. The SMILES string of the molecule is Cc1cn(C2OC(C)C(O)=C2O)c(=O)nc1N. The van der Waals surface area contributed by atoms with Crippen LogP contribution >= 0.6 is 0 Å². The van der Waals surface area contributed by atoms with Gasteiger partial charge in [0.1, 0.15) is 11.9 Å². The van der Waals surface area contributed by atoms with Crippen molar-refractivity contribution in [2.24, 2.45) is 0 Å². The predicted molar refractivity (Wildman–Crippen MR) is 59.5 cm³/mol. The molecule has 0 bridgehead atoms. The summed E-state index contributed by atoms with van der Waals surface area (Å²) in [6.45, 7) is 3.24. The van der Waals surface area contributed by atoms with E-state index in [9.17, 15) is 15.0 Å². The number of aromatic nitrogens is 2. The predicted octanol–water partition coefficient (Wildman–Crippen LogP) is 0.379. The molecule has 0 amide bonds. The van der Waals surface area contributed by atoms with Gasteiger partial charge in [0.25, 0.3) is 0 Å². The molecule has 17 heavy (non-hydrogen) atoms. The number of hydrogen-bond donors (Lipinski definition) is 3. The summed E-state index contributed by atoms with van der Waals surface area (Å²) in [4.78, 5) is 15.2. The molecule has 2 rings (SSSR count). The van der Waals surface area contributed by atoms with Gasteiger partial charge in [-0.3, -0.25) is 4.57 Å². The zero-order valence-electron chi connectivity index (χ0n) is 9.41. The fourth-order valence-corrected chi connectivity index (χ4v) is 1.60. The van der Waals surface area contributed by atoms with Crippen molar-refractivity contribution in [2.45, 2.75) is 26.2 Å². The van der Waals surface area contributed by atoms with Crippen molar-refractivity contribution in [1.29, 1.82) is 0 Å². The third-order valence-corrected chi connectivity index (χ3v) is 2.64. The second-order valence-corrected chi connectivity index (χ2v) is 3.90. The van der Waals surface area contributed by atoms with Crippen LogP contribution in [0, 0.1) is 6.92 Å². The lowest BCUT2D eigenvalue weighted by Crippen LogP contribution is -2.29. The summed E-state index contributed by atoms with van der Waals surface area (Å²) in [6.07, 6.45) is -0.286. The highest BCUT2D eigenvalue weighted by Crippen LogP contribution is 2.30. The fourth-order valence-electron chi connectivity index (χ4n) is 1.60. The van der Waals surface area contributed by atoms with Gasteiger partial charge in [-0.15, -0.1) is 0 Å². The third-order valence-electron chi connectivity index (χ3n) is 2.64. The summed E-state index contributed by atoms with van der Waals surface area (Å²) < 4.78 is 6.34. The molecule has 0 aliphatic carbocycles. The van der Waals surface area contributed by atoms with Gasteiger partial charge in [-0.25, -0.2) is 4.79 Å². The molecule has 2 heterocycles. The van der Waals surface area contributed by atoms with Crippen LogP contribution in [0.25, 0.3) is 0 Å². The molecule has 0 radical (unpaired) electrons. The Kier molecular flexibility index (Phi) is 2.55. The number of nitrogens with two attached hydrogens (primary N) is 1. The number of aryl methyl sites for hydroxylation is 1. The van der Waals surface area contributed by atoms with Gasteiger partial charge >= 0.3 is 5.69 Å². The minimum atomic E-state index is -1.05. The van der Waals surface area contributed by atoms with Crippen LogP contribution in [0.4, 0.5) is 5.82 Å². The van der Waals surface area contributed by atoms with Crippen molar-refractivity contribution >= 4 is 5.82 Å². The summed E-state index contributed by atoms with van der Waals surface area (Å²) in [6, 6.07) is 0. The molecule has 0 fully saturated rings. The van der Waals surface area contributed by atoms with Crippen LogP contribution in [0.3, 0.4) is 0 Å². The molecular formula is C10H13N3O4. The lowest BCUT2D eigenvalue weighted by molar-refractivity contribution is -0.00682. The number of nitrogen functional groups attached to an aromatic ring is 1. The van der Waals surface area contributed by atoms with Gasteiger partial charge in [0, 0.05) is 11.8 Å². The first-order valence-electron chi connectivity index (χ1n) is 5.04. The molecule has 0 spiro atoms. The van der Waals surface area contributed by atoms with E-state index in [4.69, 9.17) is 10.5 Å². The molecular weight excluding hydrogens is 226 g/mol. The van der Waals surface area contributed by atoms with Gasteiger partial charge in [-0.1, -0.05) is 0 Å². The standard InChI is InChI=1S/C10H13N3O4/c1-4-3-13(10(16)12-8(4)11)9-7(15)6(14)5(2)17-9/h3,5,9,14-15H,1-2H3,(H2,11,12,16). The largest absolute Gasteiger partial charge is 0.506 e. The molecule has 1 aliphatic heterocycles. The molecule has 2 atom stereocenters. The smallest absolute Gasteiger partial charge is 0.352 e. The van der Waals surface area contributed by atoms with E-state index in [0.29, 0.717) is 5.56 Å². The number of aliphatic hydroxyl groups excluding tert-OH is 2. The van der Waals surface area contributed by atoms with Gasteiger partial charge in [-0.2, -0.15) is 4.98 Å². The van der Waals surface area contributed by atoms with Gasteiger partial charge < -0.3 is 20.7 Å². The first kappa shape index (κ1) is 11.5. The first-order valence-corrected chi connectivity index (χ1v) is 5.04. The van der Waals surface area contributed by atoms with E-state index in [2.05, 4.69) is 4.98 Å². The number of aliphatic hydroxyl groups is 2. The summed E-state index contributed by atoms with van der Waals surface area (Å²) in [5, 5.41) is 19.1. The molecule has 1 aromatic rings. The van der Waals surface area contributed by atoms with Crippen molar-refractivity contribution in [2.75, 3.05) is 5.73 Å². The highest BCUT2D eigenvalue weighted by molar-refractivity contribution is 5.35. The lowest BCUT2D eigenvalue weighted by Gasteiger charge is -2.15. The third kappa shape index (κ3) is 1.74.